The maximum atomic E-state index is 5.92. The molecule has 0 N–H and O–H groups in total. The van der Waals surface area contributed by atoms with E-state index in [2.05, 4.69) is 251 Å². The molecule has 0 aliphatic heterocycles. The van der Waals surface area contributed by atoms with Gasteiger partial charge in [0.15, 0.2) is 0 Å². The van der Waals surface area contributed by atoms with Crippen molar-refractivity contribution in [3.8, 4) is 67.5 Å². The van der Waals surface area contributed by atoms with E-state index in [9.17, 15) is 0 Å². The van der Waals surface area contributed by atoms with Gasteiger partial charge in [-0.25, -0.2) is 9.97 Å². The zero-order chi connectivity index (χ0) is 48.4. The summed E-state index contributed by atoms with van der Waals surface area (Å²) in [5.41, 5.74) is 20.4. The molecule has 3 heterocycles. The second kappa shape index (κ2) is 17.5. The van der Waals surface area contributed by atoms with Gasteiger partial charge in [-0.2, -0.15) is 0 Å². The van der Waals surface area contributed by atoms with Crippen LogP contribution in [0.5, 0.6) is 0 Å². The molecule has 4 nitrogen and oxygen atoms in total. The minimum absolute atomic E-state index is 0.0617. The molecule has 1 aliphatic carbocycles. The van der Waals surface area contributed by atoms with E-state index in [1.165, 1.54) is 69.8 Å². The van der Waals surface area contributed by atoms with Gasteiger partial charge in [0, 0.05) is 27.5 Å². The molecule has 1 fully saturated rings. The van der Waals surface area contributed by atoms with E-state index in [1.54, 1.807) is 0 Å². The van der Waals surface area contributed by atoms with Crippen molar-refractivity contribution in [3.63, 3.8) is 0 Å². The number of benzene rings is 8. The fourth-order valence-electron chi connectivity index (χ4n) is 11.4. The van der Waals surface area contributed by atoms with Crippen molar-refractivity contribution in [2.45, 2.75) is 78.6 Å². The van der Waals surface area contributed by atoms with Crippen LogP contribution < -0.4 is 0 Å². The lowest BCUT2D eigenvalue weighted by Crippen LogP contribution is -2.20. The van der Waals surface area contributed by atoms with Crippen LogP contribution in [0.25, 0.3) is 100 Å². The lowest BCUT2D eigenvalue weighted by Gasteiger charge is -2.34. The SMILES string of the molecule is Cc1c(-c2ccc(C3CCC(C)(C)CC3)cc2)cc(-c2ccccc2)nc1-c1cccc2c1nc(-n1c3ccccc3c3c(-c4ccccc4)cccc31)n2-c1ccc(C(C)(C)C)cc1-c1ccccc1. The van der Waals surface area contributed by atoms with Crippen molar-refractivity contribution < 1.29 is 0 Å². The normalized spacial score (nSPS) is 14.2. The Hall–Kier alpha value is -7.82. The maximum absolute atomic E-state index is 5.92. The molecule has 3 aromatic heterocycles. The smallest absolute Gasteiger partial charge is 0.220 e. The van der Waals surface area contributed by atoms with E-state index < -0.39 is 0 Å². The highest BCUT2D eigenvalue weighted by Gasteiger charge is 2.29. The topological polar surface area (TPSA) is 35.6 Å². The number of fused-ring (bicyclic) bond motifs is 4. The number of aromatic nitrogens is 4. The van der Waals surface area contributed by atoms with Crippen molar-refractivity contribution in [1.29, 1.82) is 0 Å². The molecule has 0 bridgehead atoms. The van der Waals surface area contributed by atoms with Gasteiger partial charge in [-0.3, -0.25) is 9.13 Å². The standard InChI is InChI=1S/C67H60N4/c1-44-55(49-34-32-45(33-35-49)46-38-40-67(5,6)41-39-46)43-57(50-24-14-9-15-25-50)68-63(44)54-28-19-31-61-64(54)69-65(71(61)59-37-36-51(66(2,3)4)42-56(59)48-22-12-8-13-23-48)70-58-29-17-16-26-53(58)62-52(27-18-30-60(62)70)47-20-10-7-11-21-47/h7-37,42-43,46H,38-41H2,1-6H3. The molecule has 1 aliphatic rings. The number of para-hydroxylation sites is 2. The first-order valence-corrected chi connectivity index (χ1v) is 25.5. The number of imidazole rings is 1. The van der Waals surface area contributed by atoms with Gasteiger partial charge in [-0.05, 0) is 130 Å². The Morgan fingerprint density at radius 3 is 1.75 bits per heavy atom. The van der Waals surface area contributed by atoms with Crippen LogP contribution >= 0.6 is 0 Å². The summed E-state index contributed by atoms with van der Waals surface area (Å²) in [5, 5.41) is 2.39. The summed E-state index contributed by atoms with van der Waals surface area (Å²) in [5.74, 6) is 1.43. The van der Waals surface area contributed by atoms with E-state index in [0.717, 1.165) is 72.9 Å². The average molecular weight is 921 g/mol. The summed E-state index contributed by atoms with van der Waals surface area (Å²) in [6.45, 7) is 14.0. The zero-order valence-corrected chi connectivity index (χ0v) is 41.7. The van der Waals surface area contributed by atoms with Gasteiger partial charge < -0.3 is 0 Å². The van der Waals surface area contributed by atoms with Crippen LogP contribution in [0, 0.1) is 12.3 Å². The lowest BCUT2D eigenvalue weighted by molar-refractivity contribution is 0.224. The predicted molar refractivity (Wildman–Crippen MR) is 299 cm³/mol. The number of hydrogen-bond acceptors (Lipinski definition) is 2. The van der Waals surface area contributed by atoms with Gasteiger partial charge in [0.05, 0.1) is 33.6 Å². The Balaban J connectivity index is 1.14. The van der Waals surface area contributed by atoms with Crippen LogP contribution in [0.4, 0.5) is 0 Å². The van der Waals surface area contributed by atoms with E-state index in [-0.39, 0.29) is 5.41 Å². The van der Waals surface area contributed by atoms with Crippen LogP contribution in [-0.2, 0) is 5.41 Å². The third-order valence-electron chi connectivity index (χ3n) is 15.5. The number of pyridine rings is 1. The highest BCUT2D eigenvalue weighted by atomic mass is 15.3. The first-order chi connectivity index (χ1) is 34.5. The van der Waals surface area contributed by atoms with E-state index in [0.29, 0.717) is 11.3 Å². The quantitative estimate of drug-likeness (QED) is 0.152. The van der Waals surface area contributed by atoms with Gasteiger partial charge in [-0.15, -0.1) is 0 Å². The monoisotopic (exact) mass is 920 g/mol. The molecule has 348 valence electrons. The molecular weight excluding hydrogens is 861 g/mol. The molecule has 1 saturated carbocycles. The highest BCUT2D eigenvalue weighted by molar-refractivity contribution is 6.16. The van der Waals surface area contributed by atoms with Gasteiger partial charge in [-0.1, -0.05) is 198 Å². The molecule has 4 heteroatoms. The molecule has 71 heavy (non-hydrogen) atoms. The molecule has 0 unspecified atom stereocenters. The molecule has 8 aromatic carbocycles. The van der Waals surface area contributed by atoms with E-state index >= 15 is 0 Å². The highest BCUT2D eigenvalue weighted by Crippen LogP contribution is 2.46. The summed E-state index contributed by atoms with van der Waals surface area (Å²) < 4.78 is 4.81. The fraction of sp³-hybridized carbons (Fsp3) is 0.194. The van der Waals surface area contributed by atoms with Crippen molar-refractivity contribution in [1.82, 2.24) is 19.1 Å². The molecule has 0 radical (unpaired) electrons. The Bertz CT molecular complexity index is 3750. The summed E-state index contributed by atoms with van der Waals surface area (Å²) in [6.07, 6.45) is 5.05. The van der Waals surface area contributed by atoms with Crippen LogP contribution in [0.15, 0.2) is 200 Å². The van der Waals surface area contributed by atoms with Crippen LogP contribution in [-0.4, -0.2) is 19.1 Å². The molecule has 0 atom stereocenters. The van der Waals surface area contributed by atoms with Crippen molar-refractivity contribution >= 4 is 32.8 Å². The second-order valence-corrected chi connectivity index (χ2v) is 21.6. The summed E-state index contributed by atoms with van der Waals surface area (Å²) in [4.78, 5) is 11.5. The number of hydrogen-bond donors (Lipinski definition) is 0. The molecule has 0 spiro atoms. The van der Waals surface area contributed by atoms with E-state index in [1.807, 2.05) is 0 Å². The van der Waals surface area contributed by atoms with Crippen molar-refractivity contribution in [2.75, 3.05) is 0 Å². The van der Waals surface area contributed by atoms with Gasteiger partial charge >= 0.3 is 0 Å². The Kier molecular flexibility index (Phi) is 11.0. The van der Waals surface area contributed by atoms with Gasteiger partial charge in [0.25, 0.3) is 0 Å². The minimum atomic E-state index is -0.0617. The third-order valence-corrected chi connectivity index (χ3v) is 15.5. The van der Waals surface area contributed by atoms with Gasteiger partial charge in [0.2, 0.25) is 5.95 Å². The molecular formula is C67H60N4. The van der Waals surface area contributed by atoms with Crippen LogP contribution in [0.2, 0.25) is 0 Å². The van der Waals surface area contributed by atoms with Crippen molar-refractivity contribution in [2.24, 2.45) is 5.41 Å². The first-order valence-electron chi connectivity index (χ1n) is 25.5. The predicted octanol–water partition coefficient (Wildman–Crippen LogP) is 18.1. The molecule has 12 rings (SSSR count). The van der Waals surface area contributed by atoms with Gasteiger partial charge in [0.1, 0.15) is 5.52 Å². The Morgan fingerprint density at radius 1 is 0.493 bits per heavy atom. The average Bonchev–Trinajstić information content (AvgIpc) is 3.95. The summed E-state index contributed by atoms with van der Waals surface area (Å²) in [6, 6.07) is 73.2. The second-order valence-electron chi connectivity index (χ2n) is 21.6. The fourth-order valence-corrected chi connectivity index (χ4v) is 11.4. The summed E-state index contributed by atoms with van der Waals surface area (Å²) >= 11 is 0. The Labute approximate surface area is 418 Å². The lowest BCUT2D eigenvalue weighted by atomic mass is 9.71. The first kappa shape index (κ1) is 44.4. The largest absolute Gasteiger partial charge is 0.279 e. The number of rotatable bonds is 8. The molecule has 0 saturated heterocycles. The van der Waals surface area contributed by atoms with Crippen LogP contribution in [0.1, 0.15) is 82.9 Å². The molecule has 11 aromatic rings. The minimum Gasteiger partial charge on any atom is -0.279 e. The van der Waals surface area contributed by atoms with E-state index in [4.69, 9.17) is 9.97 Å². The van der Waals surface area contributed by atoms with Crippen molar-refractivity contribution in [3.05, 3.63) is 217 Å². The Morgan fingerprint density at radius 2 is 1.07 bits per heavy atom. The summed E-state index contributed by atoms with van der Waals surface area (Å²) in [7, 11) is 0. The van der Waals surface area contributed by atoms with Crippen LogP contribution in [0.3, 0.4) is 0 Å². The maximum Gasteiger partial charge on any atom is 0.220 e. The molecule has 0 amide bonds. The third kappa shape index (κ3) is 7.96. The number of nitrogens with zero attached hydrogens (tertiary/aromatic N) is 4. The zero-order valence-electron chi connectivity index (χ0n) is 41.7.